The van der Waals surface area contributed by atoms with Crippen LogP contribution in [0.2, 0.25) is 0 Å². The molecular formula is C12H7F3N4OS. The van der Waals surface area contributed by atoms with Gasteiger partial charge in [-0.15, -0.1) is 16.4 Å². The highest BCUT2D eigenvalue weighted by Crippen LogP contribution is 2.26. The third-order valence-corrected chi connectivity index (χ3v) is 3.45. The molecule has 0 spiro atoms. The number of carbonyl (C=O) groups excluding carboxylic acids is 1. The van der Waals surface area contributed by atoms with E-state index in [2.05, 4.69) is 10.1 Å². The lowest BCUT2D eigenvalue weighted by atomic mass is 10.2. The molecule has 2 aromatic heterocycles. The number of rotatable bonds is 2. The van der Waals surface area contributed by atoms with Crippen LogP contribution in [-0.4, -0.2) is 26.7 Å². The minimum atomic E-state index is -4.97. The van der Waals surface area contributed by atoms with Crippen LogP contribution in [0.25, 0.3) is 16.2 Å². The van der Waals surface area contributed by atoms with Gasteiger partial charge in [-0.25, -0.2) is 4.52 Å². The number of nitrogens with one attached hydrogen (secondary N) is 1. The van der Waals surface area contributed by atoms with Gasteiger partial charge >= 0.3 is 12.1 Å². The number of hydrogen-bond donors (Lipinski definition) is 1. The number of carbonyl (C=O) groups is 1. The number of aromatic nitrogens is 3. The average molecular weight is 312 g/mol. The van der Waals surface area contributed by atoms with E-state index in [4.69, 9.17) is 0 Å². The predicted octanol–water partition coefficient (Wildman–Crippen LogP) is 2.96. The number of fused-ring (bicyclic) bond motifs is 1. The van der Waals surface area contributed by atoms with E-state index in [9.17, 15) is 18.0 Å². The molecule has 21 heavy (non-hydrogen) atoms. The average Bonchev–Trinajstić information content (AvgIpc) is 2.98. The Balaban J connectivity index is 1.95. The molecule has 0 aliphatic heterocycles. The molecule has 5 nitrogen and oxygen atoms in total. The minimum Gasteiger partial charge on any atom is -0.285 e. The van der Waals surface area contributed by atoms with Crippen LogP contribution in [0.1, 0.15) is 0 Å². The number of anilines is 1. The van der Waals surface area contributed by atoms with Crippen molar-refractivity contribution < 1.29 is 18.0 Å². The normalized spacial score (nSPS) is 11.8. The van der Waals surface area contributed by atoms with Crippen molar-refractivity contribution in [2.45, 2.75) is 6.18 Å². The zero-order chi connectivity index (χ0) is 15.0. The molecule has 0 aliphatic rings. The van der Waals surface area contributed by atoms with E-state index in [1.165, 1.54) is 15.9 Å². The lowest BCUT2D eigenvalue weighted by Gasteiger charge is -2.03. The van der Waals surface area contributed by atoms with Gasteiger partial charge in [-0.3, -0.25) is 10.1 Å². The van der Waals surface area contributed by atoms with Gasteiger partial charge < -0.3 is 0 Å². The van der Waals surface area contributed by atoms with Gasteiger partial charge in [-0.05, 0) is 0 Å². The molecule has 0 atom stereocenters. The Hall–Kier alpha value is -2.42. The molecule has 0 fully saturated rings. The summed E-state index contributed by atoms with van der Waals surface area (Å²) in [4.78, 5) is 15.1. The Bertz CT molecular complexity index is 794. The number of alkyl halides is 3. The monoisotopic (exact) mass is 312 g/mol. The Labute approximate surface area is 120 Å². The number of thiazole rings is 1. The van der Waals surface area contributed by atoms with Crippen LogP contribution in [0.4, 0.5) is 19.1 Å². The van der Waals surface area contributed by atoms with Gasteiger partial charge in [-0.2, -0.15) is 18.2 Å². The Morgan fingerprint density at radius 1 is 1.24 bits per heavy atom. The SMILES string of the molecule is O=C(Nc1nc2scc(-c3ccccc3)n2n1)C(F)(F)F. The van der Waals surface area contributed by atoms with Gasteiger partial charge in [0.2, 0.25) is 4.96 Å². The maximum atomic E-state index is 12.2. The maximum Gasteiger partial charge on any atom is 0.471 e. The number of amides is 1. The molecule has 2 heterocycles. The Morgan fingerprint density at radius 2 is 1.95 bits per heavy atom. The smallest absolute Gasteiger partial charge is 0.285 e. The molecule has 0 unspecified atom stereocenters. The molecule has 1 N–H and O–H groups in total. The quantitative estimate of drug-likeness (QED) is 0.791. The molecule has 1 amide bonds. The number of hydrogen-bond acceptors (Lipinski definition) is 4. The van der Waals surface area contributed by atoms with Gasteiger partial charge in [0.1, 0.15) is 0 Å². The Kier molecular flexibility index (Phi) is 3.13. The highest BCUT2D eigenvalue weighted by Gasteiger charge is 2.39. The summed E-state index contributed by atoms with van der Waals surface area (Å²) in [5.41, 5.74) is 1.54. The van der Waals surface area contributed by atoms with Crippen molar-refractivity contribution in [2.24, 2.45) is 0 Å². The molecule has 0 saturated carbocycles. The maximum absolute atomic E-state index is 12.2. The predicted molar refractivity (Wildman–Crippen MR) is 71.0 cm³/mol. The summed E-state index contributed by atoms with van der Waals surface area (Å²) in [6, 6.07) is 9.21. The molecule has 3 rings (SSSR count). The Morgan fingerprint density at radius 3 is 2.62 bits per heavy atom. The fourth-order valence-electron chi connectivity index (χ4n) is 1.71. The van der Waals surface area contributed by atoms with Crippen molar-refractivity contribution in [3.05, 3.63) is 35.7 Å². The summed E-state index contributed by atoms with van der Waals surface area (Å²) in [5.74, 6) is -2.47. The summed E-state index contributed by atoms with van der Waals surface area (Å²) in [5, 5.41) is 7.31. The lowest BCUT2D eigenvalue weighted by Crippen LogP contribution is -2.30. The van der Waals surface area contributed by atoms with E-state index in [1.54, 1.807) is 10.7 Å². The van der Waals surface area contributed by atoms with Crippen LogP contribution in [0.15, 0.2) is 35.7 Å². The topological polar surface area (TPSA) is 59.3 Å². The van der Waals surface area contributed by atoms with E-state index in [-0.39, 0.29) is 5.95 Å². The van der Waals surface area contributed by atoms with Crippen LogP contribution in [0, 0.1) is 0 Å². The van der Waals surface area contributed by atoms with Gasteiger partial charge in [-0.1, -0.05) is 30.3 Å². The van der Waals surface area contributed by atoms with Gasteiger partial charge in [0, 0.05) is 10.9 Å². The molecule has 108 valence electrons. The first kappa shape index (κ1) is 13.6. The summed E-state index contributed by atoms with van der Waals surface area (Å²) in [6.07, 6.45) is -4.97. The molecule has 3 aromatic rings. The van der Waals surface area contributed by atoms with E-state index in [1.807, 2.05) is 30.3 Å². The van der Waals surface area contributed by atoms with Crippen LogP contribution in [-0.2, 0) is 4.79 Å². The number of halogens is 3. The van der Waals surface area contributed by atoms with Crippen LogP contribution < -0.4 is 5.32 Å². The minimum absolute atomic E-state index is 0.374. The zero-order valence-corrected chi connectivity index (χ0v) is 11.1. The van der Waals surface area contributed by atoms with Gasteiger partial charge in [0.05, 0.1) is 5.69 Å². The van der Waals surface area contributed by atoms with Gasteiger partial charge in [0.15, 0.2) is 0 Å². The molecule has 0 aliphatic carbocycles. The molecule has 9 heteroatoms. The molecule has 1 aromatic carbocycles. The standard InChI is InChI=1S/C12H7F3N4OS/c13-12(14,15)9(20)16-10-17-11-19(18-10)8(6-21-11)7-4-2-1-3-5-7/h1-6H,(H,16,18,20). The first-order valence-electron chi connectivity index (χ1n) is 5.73. The van der Waals surface area contributed by atoms with Crippen molar-refractivity contribution in [1.29, 1.82) is 0 Å². The summed E-state index contributed by atoms with van der Waals surface area (Å²) < 4.78 is 38.0. The van der Waals surface area contributed by atoms with Crippen molar-refractivity contribution in [3.8, 4) is 11.3 Å². The third-order valence-electron chi connectivity index (χ3n) is 2.63. The summed E-state index contributed by atoms with van der Waals surface area (Å²) >= 11 is 1.22. The number of benzene rings is 1. The van der Waals surface area contributed by atoms with Crippen molar-refractivity contribution in [2.75, 3.05) is 5.32 Å². The van der Waals surface area contributed by atoms with Crippen molar-refractivity contribution in [3.63, 3.8) is 0 Å². The summed E-state index contributed by atoms with van der Waals surface area (Å²) in [6.45, 7) is 0. The van der Waals surface area contributed by atoms with Crippen LogP contribution >= 0.6 is 11.3 Å². The van der Waals surface area contributed by atoms with Crippen molar-refractivity contribution >= 4 is 28.2 Å². The molecular weight excluding hydrogens is 305 g/mol. The lowest BCUT2D eigenvalue weighted by molar-refractivity contribution is -0.167. The second-order valence-electron chi connectivity index (χ2n) is 4.07. The molecule has 0 bridgehead atoms. The summed E-state index contributed by atoms with van der Waals surface area (Å²) in [7, 11) is 0. The second-order valence-corrected chi connectivity index (χ2v) is 4.91. The largest absolute Gasteiger partial charge is 0.471 e. The first-order chi connectivity index (χ1) is 9.95. The van der Waals surface area contributed by atoms with Crippen LogP contribution in [0.3, 0.4) is 0 Å². The number of nitrogens with zero attached hydrogens (tertiary/aromatic N) is 3. The van der Waals surface area contributed by atoms with Crippen LogP contribution in [0.5, 0.6) is 0 Å². The van der Waals surface area contributed by atoms with E-state index in [0.717, 1.165) is 5.56 Å². The third kappa shape index (κ3) is 2.59. The highest BCUT2D eigenvalue weighted by molar-refractivity contribution is 7.15. The van der Waals surface area contributed by atoms with E-state index >= 15 is 0 Å². The van der Waals surface area contributed by atoms with Gasteiger partial charge in [0.25, 0.3) is 5.95 Å². The fourth-order valence-corrected chi connectivity index (χ4v) is 2.55. The molecule has 0 radical (unpaired) electrons. The zero-order valence-electron chi connectivity index (χ0n) is 10.3. The fraction of sp³-hybridized carbons (Fsp3) is 0.0833. The van der Waals surface area contributed by atoms with Crippen molar-refractivity contribution in [1.82, 2.24) is 14.6 Å². The highest BCUT2D eigenvalue weighted by atomic mass is 32.1. The molecule has 0 saturated heterocycles. The first-order valence-corrected chi connectivity index (χ1v) is 6.61. The van der Waals surface area contributed by atoms with E-state index in [0.29, 0.717) is 10.7 Å². The van der Waals surface area contributed by atoms with E-state index < -0.39 is 12.1 Å². The second kappa shape index (κ2) is 4.85.